The number of hydrogen-bond donors (Lipinski definition) is 1. The van der Waals surface area contributed by atoms with Gasteiger partial charge in [0.05, 0.1) is 12.7 Å². The van der Waals surface area contributed by atoms with E-state index in [0.29, 0.717) is 18.8 Å². The normalized spacial score (nSPS) is 16.3. The third-order valence-electron chi connectivity index (χ3n) is 4.94. The molecule has 1 aliphatic rings. The lowest BCUT2D eigenvalue weighted by Crippen LogP contribution is -2.49. The van der Waals surface area contributed by atoms with E-state index in [1.165, 1.54) is 13.2 Å². The smallest absolute Gasteiger partial charge is 0.257 e. The van der Waals surface area contributed by atoms with Crippen molar-refractivity contribution in [2.24, 2.45) is 0 Å². The topological polar surface area (TPSA) is 53.0 Å². The quantitative estimate of drug-likeness (QED) is 0.888. The van der Waals surface area contributed by atoms with Crippen LogP contribution in [0.4, 0.5) is 0 Å². The molecule has 3 rings (SSSR count). The van der Waals surface area contributed by atoms with Crippen LogP contribution >= 0.6 is 11.6 Å². The van der Waals surface area contributed by atoms with Crippen LogP contribution in [-0.2, 0) is 0 Å². The van der Waals surface area contributed by atoms with Gasteiger partial charge in [-0.3, -0.25) is 9.69 Å². The second kappa shape index (κ2) is 7.98. The highest BCUT2D eigenvalue weighted by Gasteiger charge is 2.27. The summed E-state index contributed by atoms with van der Waals surface area (Å²) in [6, 6.07) is 12.7. The highest BCUT2D eigenvalue weighted by Crippen LogP contribution is 2.29. The maximum absolute atomic E-state index is 12.8. The van der Waals surface area contributed by atoms with Crippen molar-refractivity contribution in [3.8, 4) is 11.5 Å². The molecule has 1 N–H and O–H groups in total. The summed E-state index contributed by atoms with van der Waals surface area (Å²) < 4.78 is 5.15. The molecule has 0 bridgehead atoms. The number of halogens is 1. The van der Waals surface area contributed by atoms with E-state index in [2.05, 4.69) is 11.8 Å². The van der Waals surface area contributed by atoms with Gasteiger partial charge in [-0.2, -0.15) is 0 Å². The van der Waals surface area contributed by atoms with E-state index in [0.717, 1.165) is 23.7 Å². The monoisotopic (exact) mass is 374 g/mol. The van der Waals surface area contributed by atoms with E-state index in [4.69, 9.17) is 16.3 Å². The van der Waals surface area contributed by atoms with Crippen LogP contribution in [0, 0.1) is 0 Å². The van der Waals surface area contributed by atoms with Crippen LogP contribution in [0.15, 0.2) is 42.5 Å². The summed E-state index contributed by atoms with van der Waals surface area (Å²) in [4.78, 5) is 16.8. The minimum absolute atomic E-state index is 0.0253. The molecule has 1 amide bonds. The predicted octanol–water partition coefficient (Wildman–Crippen LogP) is 3.57. The van der Waals surface area contributed by atoms with Crippen LogP contribution in [0.3, 0.4) is 0 Å². The van der Waals surface area contributed by atoms with Crippen molar-refractivity contribution in [1.29, 1.82) is 0 Å². The van der Waals surface area contributed by atoms with Crippen molar-refractivity contribution in [2.45, 2.75) is 13.0 Å². The summed E-state index contributed by atoms with van der Waals surface area (Å²) >= 11 is 6.31. The second-order valence-corrected chi connectivity index (χ2v) is 6.82. The van der Waals surface area contributed by atoms with E-state index in [1.54, 1.807) is 17.0 Å². The lowest BCUT2D eigenvalue weighted by atomic mass is 10.1. The summed E-state index contributed by atoms with van der Waals surface area (Å²) in [6.07, 6.45) is 0. The first-order chi connectivity index (χ1) is 12.5. The fourth-order valence-corrected chi connectivity index (χ4v) is 3.60. The highest BCUT2D eigenvalue weighted by atomic mass is 35.5. The second-order valence-electron chi connectivity index (χ2n) is 6.41. The number of hydrogen-bond acceptors (Lipinski definition) is 4. The molecule has 0 saturated carbocycles. The number of benzene rings is 2. The molecule has 0 aromatic heterocycles. The van der Waals surface area contributed by atoms with Crippen molar-refractivity contribution >= 4 is 17.5 Å². The van der Waals surface area contributed by atoms with E-state index in [9.17, 15) is 9.90 Å². The number of carbonyl (C=O) groups excluding carboxylic acids is 1. The van der Waals surface area contributed by atoms with Gasteiger partial charge in [0.15, 0.2) is 0 Å². The van der Waals surface area contributed by atoms with Gasteiger partial charge in [0.1, 0.15) is 11.5 Å². The molecule has 6 heteroatoms. The molecule has 1 aliphatic heterocycles. The Balaban J connectivity index is 1.67. The molecule has 2 aromatic carbocycles. The number of nitrogens with zero attached hydrogens (tertiary/aromatic N) is 2. The lowest BCUT2D eigenvalue weighted by molar-refractivity contribution is 0.0579. The highest BCUT2D eigenvalue weighted by molar-refractivity contribution is 6.31. The molecule has 0 aliphatic carbocycles. The molecule has 1 heterocycles. The maximum Gasteiger partial charge on any atom is 0.257 e. The zero-order valence-electron chi connectivity index (χ0n) is 15.0. The van der Waals surface area contributed by atoms with Crippen LogP contribution in [-0.4, -0.2) is 54.1 Å². The van der Waals surface area contributed by atoms with Crippen LogP contribution < -0.4 is 4.74 Å². The number of carbonyl (C=O) groups is 1. The Morgan fingerprint density at radius 2 is 1.85 bits per heavy atom. The molecule has 0 radical (unpaired) electrons. The molecule has 5 nitrogen and oxygen atoms in total. The third-order valence-corrected chi connectivity index (χ3v) is 5.28. The Morgan fingerprint density at radius 3 is 2.50 bits per heavy atom. The van der Waals surface area contributed by atoms with Gasteiger partial charge < -0.3 is 14.7 Å². The number of phenols is 1. The molecular weight excluding hydrogens is 352 g/mol. The van der Waals surface area contributed by atoms with Crippen molar-refractivity contribution < 1.29 is 14.6 Å². The van der Waals surface area contributed by atoms with E-state index in [-0.39, 0.29) is 23.3 Å². The summed E-state index contributed by atoms with van der Waals surface area (Å²) in [6.45, 7) is 4.84. The molecular formula is C20H23ClN2O3. The molecule has 1 unspecified atom stereocenters. The Bertz CT molecular complexity index is 788. The van der Waals surface area contributed by atoms with E-state index >= 15 is 0 Å². The van der Waals surface area contributed by atoms with Gasteiger partial charge in [-0.05, 0) is 36.8 Å². The van der Waals surface area contributed by atoms with Crippen LogP contribution in [0.1, 0.15) is 28.9 Å². The number of amides is 1. The first kappa shape index (κ1) is 18.5. The largest absolute Gasteiger partial charge is 0.507 e. The minimum Gasteiger partial charge on any atom is -0.507 e. The van der Waals surface area contributed by atoms with Crippen molar-refractivity contribution in [3.05, 3.63) is 58.6 Å². The summed E-state index contributed by atoms with van der Waals surface area (Å²) in [7, 11) is 1.54. The average Bonchev–Trinajstić information content (AvgIpc) is 2.68. The number of phenolic OH excluding ortho intramolecular Hbond substituents is 1. The maximum atomic E-state index is 12.8. The molecule has 1 saturated heterocycles. The average molecular weight is 375 g/mol. The first-order valence-electron chi connectivity index (χ1n) is 8.66. The molecule has 138 valence electrons. The fraction of sp³-hybridized carbons (Fsp3) is 0.350. The summed E-state index contributed by atoms with van der Waals surface area (Å²) in [5, 5.41) is 10.8. The van der Waals surface area contributed by atoms with Crippen molar-refractivity contribution in [1.82, 2.24) is 9.80 Å². The molecule has 2 aromatic rings. The SMILES string of the molecule is COc1ccc(O)c(C(=O)N2CCN(C(C)c3ccccc3Cl)CC2)c1. The summed E-state index contributed by atoms with van der Waals surface area (Å²) in [5.41, 5.74) is 1.37. The minimum atomic E-state index is -0.175. The molecule has 1 atom stereocenters. The zero-order chi connectivity index (χ0) is 18.7. The van der Waals surface area contributed by atoms with Crippen LogP contribution in [0.25, 0.3) is 0 Å². The number of rotatable bonds is 4. The molecule has 1 fully saturated rings. The molecule has 26 heavy (non-hydrogen) atoms. The Kier molecular flexibility index (Phi) is 5.69. The number of ether oxygens (including phenoxy) is 1. The number of aromatic hydroxyl groups is 1. The zero-order valence-corrected chi connectivity index (χ0v) is 15.7. The summed E-state index contributed by atoms with van der Waals surface area (Å²) in [5.74, 6) is 0.353. The van der Waals surface area contributed by atoms with Gasteiger partial charge in [-0.1, -0.05) is 29.8 Å². The van der Waals surface area contributed by atoms with Gasteiger partial charge in [-0.15, -0.1) is 0 Å². The molecule has 0 spiro atoms. The predicted molar refractivity (Wildman–Crippen MR) is 102 cm³/mol. The van der Waals surface area contributed by atoms with Gasteiger partial charge in [-0.25, -0.2) is 0 Å². The van der Waals surface area contributed by atoms with Gasteiger partial charge in [0.2, 0.25) is 0 Å². The Labute approximate surface area is 158 Å². The van der Waals surface area contributed by atoms with Crippen molar-refractivity contribution in [2.75, 3.05) is 33.3 Å². The third kappa shape index (κ3) is 3.79. The first-order valence-corrected chi connectivity index (χ1v) is 9.04. The Morgan fingerprint density at radius 1 is 1.15 bits per heavy atom. The van der Waals surface area contributed by atoms with E-state index in [1.807, 2.05) is 24.3 Å². The fourth-order valence-electron chi connectivity index (χ4n) is 3.31. The van der Waals surface area contributed by atoms with Crippen molar-refractivity contribution in [3.63, 3.8) is 0 Å². The van der Waals surface area contributed by atoms with Gasteiger partial charge in [0, 0.05) is 37.2 Å². The van der Waals surface area contributed by atoms with Crippen LogP contribution in [0.2, 0.25) is 5.02 Å². The van der Waals surface area contributed by atoms with Gasteiger partial charge in [0.25, 0.3) is 5.91 Å². The number of piperazine rings is 1. The number of methoxy groups -OCH3 is 1. The lowest BCUT2D eigenvalue weighted by Gasteiger charge is -2.38. The van der Waals surface area contributed by atoms with Gasteiger partial charge >= 0.3 is 0 Å². The Hall–Kier alpha value is -2.24. The van der Waals surface area contributed by atoms with Crippen LogP contribution in [0.5, 0.6) is 11.5 Å². The van der Waals surface area contributed by atoms with E-state index < -0.39 is 0 Å². The standard InChI is InChI=1S/C20H23ClN2O3/c1-14(16-5-3-4-6-18(16)21)22-9-11-23(12-10-22)20(25)17-13-15(26-2)7-8-19(17)24/h3-8,13-14,24H,9-12H2,1-2H3.